The van der Waals surface area contributed by atoms with E-state index < -0.39 is 10.0 Å². The predicted molar refractivity (Wildman–Crippen MR) is 83.8 cm³/mol. The van der Waals surface area contributed by atoms with Crippen LogP contribution in [0.5, 0.6) is 0 Å². The molecule has 9 heteroatoms. The summed E-state index contributed by atoms with van der Waals surface area (Å²) in [5, 5.41) is 2.85. The Hall–Kier alpha value is -0.830. The van der Waals surface area contributed by atoms with E-state index in [1.165, 1.54) is 6.07 Å². The third kappa shape index (κ3) is 6.08. The Bertz CT molecular complexity index is 555. The van der Waals surface area contributed by atoms with E-state index in [1.807, 2.05) is 13.8 Å². The second-order valence-corrected chi connectivity index (χ2v) is 8.21. The van der Waals surface area contributed by atoms with Crippen LogP contribution in [0.25, 0.3) is 0 Å². The van der Waals surface area contributed by atoms with Gasteiger partial charge >= 0.3 is 0 Å². The number of aliphatic imine (C=N–C) groups is 1. The van der Waals surface area contributed by atoms with Gasteiger partial charge in [0.1, 0.15) is 4.21 Å². The van der Waals surface area contributed by atoms with Gasteiger partial charge in [-0.05, 0) is 18.1 Å². The zero-order valence-corrected chi connectivity index (χ0v) is 13.8. The zero-order valence-electron chi connectivity index (χ0n) is 11.4. The summed E-state index contributed by atoms with van der Waals surface area (Å²) < 4.78 is 26.8. The van der Waals surface area contributed by atoms with Gasteiger partial charge in [-0.25, -0.2) is 13.1 Å². The third-order valence-corrected chi connectivity index (χ3v) is 5.35. The molecule has 20 heavy (non-hydrogen) atoms. The summed E-state index contributed by atoms with van der Waals surface area (Å²) in [4.78, 5) is 4.11. The molecule has 1 heterocycles. The zero-order chi connectivity index (χ0) is 15.2. The van der Waals surface area contributed by atoms with Crippen molar-refractivity contribution < 1.29 is 8.42 Å². The van der Waals surface area contributed by atoms with E-state index in [0.717, 1.165) is 11.3 Å². The predicted octanol–water partition coefficient (Wildman–Crippen LogP) is 1.24. The minimum atomic E-state index is -3.50. The van der Waals surface area contributed by atoms with Crippen LogP contribution in [-0.4, -0.2) is 34.0 Å². The first-order valence-corrected chi connectivity index (χ1v) is 8.78. The number of thiophene rings is 1. The lowest BCUT2D eigenvalue weighted by molar-refractivity contribution is 0.583. The largest absolute Gasteiger partial charge is 0.370 e. The molecule has 0 aromatic carbocycles. The van der Waals surface area contributed by atoms with E-state index in [1.54, 1.807) is 6.07 Å². The Morgan fingerprint density at radius 2 is 2.15 bits per heavy atom. The first-order chi connectivity index (χ1) is 9.31. The van der Waals surface area contributed by atoms with Crippen LogP contribution in [0.3, 0.4) is 0 Å². The van der Waals surface area contributed by atoms with Gasteiger partial charge in [0.05, 0.1) is 4.34 Å². The Kier molecular flexibility index (Phi) is 6.74. The highest BCUT2D eigenvalue weighted by Gasteiger charge is 2.15. The van der Waals surface area contributed by atoms with E-state index in [4.69, 9.17) is 17.3 Å². The van der Waals surface area contributed by atoms with Gasteiger partial charge in [-0.3, -0.25) is 4.99 Å². The molecule has 1 aromatic rings. The molecule has 0 aliphatic carbocycles. The molecule has 0 amide bonds. The van der Waals surface area contributed by atoms with Gasteiger partial charge in [-0.15, -0.1) is 11.3 Å². The highest BCUT2D eigenvalue weighted by atomic mass is 35.5. The van der Waals surface area contributed by atoms with Gasteiger partial charge in [-0.2, -0.15) is 0 Å². The fourth-order valence-corrected chi connectivity index (χ4v) is 3.79. The quantitative estimate of drug-likeness (QED) is 0.396. The summed E-state index contributed by atoms with van der Waals surface area (Å²) in [5.74, 6) is 0.745. The molecule has 4 N–H and O–H groups in total. The highest BCUT2D eigenvalue weighted by Crippen LogP contribution is 2.24. The molecule has 0 unspecified atom stereocenters. The first kappa shape index (κ1) is 17.2. The molecule has 1 rings (SSSR count). The molecule has 0 saturated heterocycles. The molecule has 6 nitrogen and oxygen atoms in total. The van der Waals surface area contributed by atoms with E-state index in [2.05, 4.69) is 15.0 Å². The van der Waals surface area contributed by atoms with Crippen molar-refractivity contribution in [3.63, 3.8) is 0 Å². The van der Waals surface area contributed by atoms with Gasteiger partial charge in [0.15, 0.2) is 5.96 Å². The number of guanidine groups is 1. The number of halogens is 1. The SMILES string of the molecule is CC(C)CN=C(N)NCCNS(=O)(=O)c1ccc(Cl)s1. The molecule has 0 bridgehead atoms. The summed E-state index contributed by atoms with van der Waals surface area (Å²) in [7, 11) is -3.50. The van der Waals surface area contributed by atoms with Crippen LogP contribution >= 0.6 is 22.9 Å². The van der Waals surface area contributed by atoms with Crippen molar-refractivity contribution >= 4 is 38.9 Å². The monoisotopic (exact) mass is 338 g/mol. The lowest BCUT2D eigenvalue weighted by Crippen LogP contribution is -2.38. The fraction of sp³-hybridized carbons (Fsp3) is 0.545. The van der Waals surface area contributed by atoms with Gasteiger partial charge in [0.25, 0.3) is 0 Å². The maximum absolute atomic E-state index is 11.9. The molecular weight excluding hydrogens is 320 g/mol. The topological polar surface area (TPSA) is 96.6 Å². The normalized spacial score (nSPS) is 12.9. The van der Waals surface area contributed by atoms with Crippen LogP contribution in [0, 0.1) is 5.92 Å². The van der Waals surface area contributed by atoms with E-state index in [0.29, 0.717) is 29.3 Å². The van der Waals surface area contributed by atoms with Crippen molar-refractivity contribution in [1.29, 1.82) is 0 Å². The van der Waals surface area contributed by atoms with Crippen LogP contribution in [0.15, 0.2) is 21.3 Å². The van der Waals surface area contributed by atoms with E-state index in [-0.39, 0.29) is 10.8 Å². The lowest BCUT2D eigenvalue weighted by atomic mass is 10.2. The molecule has 114 valence electrons. The van der Waals surface area contributed by atoms with Crippen LogP contribution in [0.1, 0.15) is 13.8 Å². The molecule has 0 saturated carbocycles. The van der Waals surface area contributed by atoms with Gasteiger partial charge < -0.3 is 11.1 Å². The summed E-state index contributed by atoms with van der Waals surface area (Å²) in [6.45, 7) is 5.30. The van der Waals surface area contributed by atoms with E-state index in [9.17, 15) is 8.42 Å². The molecule has 0 spiro atoms. The second-order valence-electron chi connectivity index (χ2n) is 4.50. The van der Waals surface area contributed by atoms with Gasteiger partial charge in [0.2, 0.25) is 10.0 Å². The number of rotatable bonds is 7. The van der Waals surface area contributed by atoms with Crippen molar-refractivity contribution in [2.24, 2.45) is 16.6 Å². The number of nitrogens with zero attached hydrogens (tertiary/aromatic N) is 1. The third-order valence-electron chi connectivity index (χ3n) is 2.16. The standard InChI is InChI=1S/C11H19ClN4O2S2/c1-8(2)7-15-11(13)14-5-6-16-20(17,18)10-4-3-9(12)19-10/h3-4,8,16H,5-7H2,1-2H3,(H3,13,14,15). The molecule has 0 aliphatic heterocycles. The number of sulfonamides is 1. The smallest absolute Gasteiger partial charge is 0.250 e. The maximum atomic E-state index is 11.9. The molecule has 0 atom stereocenters. The number of hydrogen-bond donors (Lipinski definition) is 3. The first-order valence-electron chi connectivity index (χ1n) is 6.10. The van der Waals surface area contributed by atoms with Gasteiger partial charge in [0, 0.05) is 19.6 Å². The van der Waals surface area contributed by atoms with Crippen molar-refractivity contribution in [2.75, 3.05) is 19.6 Å². The number of hydrogen-bond acceptors (Lipinski definition) is 4. The highest BCUT2D eigenvalue weighted by molar-refractivity contribution is 7.91. The second kappa shape index (κ2) is 7.82. The fourth-order valence-electron chi connectivity index (χ4n) is 1.23. The lowest BCUT2D eigenvalue weighted by Gasteiger charge is -2.07. The van der Waals surface area contributed by atoms with Gasteiger partial charge in [-0.1, -0.05) is 25.4 Å². The summed E-state index contributed by atoms with van der Waals surface area (Å²) >= 11 is 6.73. The van der Waals surface area contributed by atoms with Crippen molar-refractivity contribution in [3.8, 4) is 0 Å². The minimum Gasteiger partial charge on any atom is -0.370 e. The van der Waals surface area contributed by atoms with E-state index >= 15 is 0 Å². The van der Waals surface area contributed by atoms with Crippen LogP contribution in [-0.2, 0) is 10.0 Å². The molecule has 1 aromatic heterocycles. The average molecular weight is 339 g/mol. The van der Waals surface area contributed by atoms with Crippen LogP contribution < -0.4 is 15.8 Å². The maximum Gasteiger partial charge on any atom is 0.250 e. The summed E-state index contributed by atoms with van der Waals surface area (Å²) in [5.41, 5.74) is 5.63. The molecular formula is C11H19ClN4O2S2. The van der Waals surface area contributed by atoms with Crippen LogP contribution in [0.2, 0.25) is 4.34 Å². The van der Waals surface area contributed by atoms with Crippen molar-refractivity contribution in [2.45, 2.75) is 18.1 Å². The summed E-state index contributed by atoms with van der Waals surface area (Å²) in [6.07, 6.45) is 0. The minimum absolute atomic E-state index is 0.198. The van der Waals surface area contributed by atoms with Crippen molar-refractivity contribution in [1.82, 2.24) is 10.0 Å². The number of nitrogens with one attached hydrogen (secondary N) is 2. The number of nitrogens with two attached hydrogens (primary N) is 1. The molecule has 0 fully saturated rings. The molecule has 0 aliphatic rings. The van der Waals surface area contributed by atoms with Crippen molar-refractivity contribution in [3.05, 3.63) is 16.5 Å². The Balaban J connectivity index is 2.36. The molecule has 0 radical (unpaired) electrons. The Morgan fingerprint density at radius 3 is 2.70 bits per heavy atom. The average Bonchev–Trinajstić information content (AvgIpc) is 2.79. The summed E-state index contributed by atoms with van der Waals surface area (Å²) in [6, 6.07) is 3.02. The van der Waals surface area contributed by atoms with Crippen LogP contribution in [0.4, 0.5) is 0 Å². The Morgan fingerprint density at radius 1 is 1.45 bits per heavy atom. The Labute approximate surface area is 128 Å².